The summed E-state index contributed by atoms with van der Waals surface area (Å²) in [7, 11) is 0. The van der Waals surface area contributed by atoms with Gasteiger partial charge in [0, 0.05) is 35.6 Å². The molecule has 1 aromatic heterocycles. The van der Waals surface area contributed by atoms with Crippen LogP contribution in [0.2, 0.25) is 0 Å². The van der Waals surface area contributed by atoms with E-state index in [2.05, 4.69) is 5.32 Å². The molecule has 2 heterocycles. The molecule has 0 saturated heterocycles. The molecule has 174 valence electrons. The highest BCUT2D eigenvalue weighted by atomic mass is 16.7. The average molecular weight is 460 g/mol. The van der Waals surface area contributed by atoms with Gasteiger partial charge in [0.25, 0.3) is 0 Å². The molecule has 0 saturated carbocycles. The fraction of sp³-hybridized carbons (Fsp3) is 0.192. The number of nitrogens with one attached hydrogen (secondary N) is 1. The van der Waals surface area contributed by atoms with E-state index in [9.17, 15) is 14.4 Å². The standard InChI is InChI=1S/C26H24N2O6/c1-16-11-21(17(2)28(16)20-9-10-24-25(13-20)34-15-33-24)23(30)14-32-26(31)22(27-18(3)29)12-19-7-5-4-6-8-19/h4-13H,14-15H2,1-3H3,(H,27,29)/b22-12+. The number of hydrogen-bond donors (Lipinski definition) is 1. The maximum atomic E-state index is 12.9. The fourth-order valence-corrected chi connectivity index (χ4v) is 3.80. The van der Waals surface area contributed by atoms with Crippen LogP contribution in [0.15, 0.2) is 60.3 Å². The molecule has 4 rings (SSSR count). The summed E-state index contributed by atoms with van der Waals surface area (Å²) in [5.74, 6) is -0.250. The van der Waals surface area contributed by atoms with Crippen LogP contribution in [-0.4, -0.2) is 35.6 Å². The largest absolute Gasteiger partial charge is 0.454 e. The maximum Gasteiger partial charge on any atom is 0.355 e. The molecule has 1 aliphatic rings. The Morgan fingerprint density at radius 1 is 1.03 bits per heavy atom. The average Bonchev–Trinajstić information content (AvgIpc) is 3.40. The van der Waals surface area contributed by atoms with Gasteiger partial charge >= 0.3 is 5.97 Å². The van der Waals surface area contributed by atoms with E-state index in [0.717, 1.165) is 11.4 Å². The summed E-state index contributed by atoms with van der Waals surface area (Å²) in [6, 6.07) is 16.3. The molecule has 3 aromatic rings. The van der Waals surface area contributed by atoms with Gasteiger partial charge in [-0.05, 0) is 43.7 Å². The zero-order chi connectivity index (χ0) is 24.2. The molecule has 0 unspecified atom stereocenters. The van der Waals surface area contributed by atoms with Gasteiger partial charge in [0.1, 0.15) is 5.70 Å². The number of benzene rings is 2. The second-order valence-corrected chi connectivity index (χ2v) is 7.81. The fourth-order valence-electron chi connectivity index (χ4n) is 3.80. The Morgan fingerprint density at radius 2 is 1.76 bits per heavy atom. The van der Waals surface area contributed by atoms with Crippen molar-refractivity contribution in [2.24, 2.45) is 0 Å². The molecule has 0 atom stereocenters. The lowest BCUT2D eigenvalue weighted by Gasteiger charge is -2.11. The molecular weight excluding hydrogens is 436 g/mol. The third kappa shape index (κ3) is 4.85. The number of aryl methyl sites for hydroxylation is 1. The number of amides is 1. The first kappa shape index (κ1) is 22.8. The van der Waals surface area contributed by atoms with Crippen LogP contribution in [0.1, 0.15) is 34.2 Å². The number of Topliss-reactive ketones (excluding diaryl/α,β-unsaturated/α-hetero) is 1. The molecule has 8 nitrogen and oxygen atoms in total. The maximum absolute atomic E-state index is 12.9. The van der Waals surface area contributed by atoms with Crippen molar-refractivity contribution >= 4 is 23.7 Å². The minimum Gasteiger partial charge on any atom is -0.454 e. The van der Waals surface area contributed by atoms with Crippen molar-refractivity contribution in [3.8, 4) is 17.2 Å². The number of nitrogens with zero attached hydrogens (tertiary/aromatic N) is 1. The number of rotatable bonds is 7. The number of aromatic nitrogens is 1. The summed E-state index contributed by atoms with van der Waals surface area (Å²) in [4.78, 5) is 37.1. The van der Waals surface area contributed by atoms with Crippen molar-refractivity contribution in [3.63, 3.8) is 0 Å². The second kappa shape index (κ2) is 9.66. The Hall–Kier alpha value is -4.33. The Bertz CT molecular complexity index is 1290. The van der Waals surface area contributed by atoms with Gasteiger partial charge in [0.2, 0.25) is 18.5 Å². The molecule has 8 heteroatoms. The van der Waals surface area contributed by atoms with Gasteiger partial charge < -0.3 is 24.1 Å². The van der Waals surface area contributed by atoms with Crippen molar-refractivity contribution < 1.29 is 28.6 Å². The lowest BCUT2D eigenvalue weighted by atomic mass is 10.1. The van der Waals surface area contributed by atoms with Crippen LogP contribution in [0.3, 0.4) is 0 Å². The number of fused-ring (bicyclic) bond motifs is 1. The lowest BCUT2D eigenvalue weighted by molar-refractivity contribution is -0.139. The zero-order valence-electron chi connectivity index (χ0n) is 19.1. The Labute approximate surface area is 196 Å². The highest BCUT2D eigenvalue weighted by Gasteiger charge is 2.21. The number of hydrogen-bond acceptors (Lipinski definition) is 6. The summed E-state index contributed by atoms with van der Waals surface area (Å²) in [6.45, 7) is 4.72. The summed E-state index contributed by atoms with van der Waals surface area (Å²) in [5, 5.41) is 2.47. The van der Waals surface area contributed by atoms with Gasteiger partial charge in [-0.2, -0.15) is 0 Å². The van der Waals surface area contributed by atoms with E-state index in [0.29, 0.717) is 28.3 Å². The van der Waals surface area contributed by atoms with Crippen LogP contribution in [0.5, 0.6) is 11.5 Å². The molecule has 1 N–H and O–H groups in total. The van der Waals surface area contributed by atoms with E-state index in [4.69, 9.17) is 14.2 Å². The van der Waals surface area contributed by atoms with Crippen LogP contribution in [0.4, 0.5) is 0 Å². The first-order chi connectivity index (χ1) is 16.3. The van der Waals surface area contributed by atoms with Crippen LogP contribution in [0.25, 0.3) is 11.8 Å². The molecule has 0 spiro atoms. The quantitative estimate of drug-likeness (QED) is 0.328. The van der Waals surface area contributed by atoms with E-state index in [-0.39, 0.29) is 18.3 Å². The van der Waals surface area contributed by atoms with Gasteiger partial charge in [-0.25, -0.2) is 4.79 Å². The summed E-state index contributed by atoms with van der Waals surface area (Å²) in [5.41, 5.74) is 3.48. The van der Waals surface area contributed by atoms with E-state index in [1.807, 2.05) is 54.8 Å². The van der Waals surface area contributed by atoms with Crippen molar-refractivity contribution in [1.82, 2.24) is 9.88 Å². The number of ether oxygens (including phenoxy) is 3. The van der Waals surface area contributed by atoms with Crippen LogP contribution in [-0.2, 0) is 14.3 Å². The van der Waals surface area contributed by atoms with Gasteiger partial charge in [0.05, 0.1) is 0 Å². The third-order valence-corrected chi connectivity index (χ3v) is 5.32. The lowest BCUT2D eigenvalue weighted by Crippen LogP contribution is -2.27. The molecule has 2 aromatic carbocycles. The third-order valence-electron chi connectivity index (χ3n) is 5.32. The smallest absolute Gasteiger partial charge is 0.355 e. The Kier molecular flexibility index (Phi) is 6.49. The Balaban J connectivity index is 1.50. The molecule has 0 fully saturated rings. The minimum absolute atomic E-state index is 0.0441. The van der Waals surface area contributed by atoms with Crippen molar-refractivity contribution in [3.05, 3.63) is 82.8 Å². The molecular formula is C26H24N2O6. The first-order valence-corrected chi connectivity index (χ1v) is 10.7. The summed E-state index contributed by atoms with van der Waals surface area (Å²) < 4.78 is 18.0. The molecule has 1 amide bonds. The molecule has 0 bridgehead atoms. The first-order valence-electron chi connectivity index (χ1n) is 10.7. The van der Waals surface area contributed by atoms with Crippen molar-refractivity contribution in [2.45, 2.75) is 20.8 Å². The van der Waals surface area contributed by atoms with Crippen molar-refractivity contribution in [2.75, 3.05) is 13.4 Å². The van der Waals surface area contributed by atoms with Crippen LogP contribution >= 0.6 is 0 Å². The van der Waals surface area contributed by atoms with Gasteiger partial charge in [-0.1, -0.05) is 30.3 Å². The monoisotopic (exact) mass is 460 g/mol. The van der Waals surface area contributed by atoms with Crippen LogP contribution in [0, 0.1) is 13.8 Å². The predicted molar refractivity (Wildman–Crippen MR) is 125 cm³/mol. The zero-order valence-corrected chi connectivity index (χ0v) is 19.1. The Morgan fingerprint density at radius 3 is 2.50 bits per heavy atom. The number of carbonyl (C=O) groups excluding carboxylic acids is 3. The molecule has 34 heavy (non-hydrogen) atoms. The van der Waals surface area contributed by atoms with Crippen LogP contribution < -0.4 is 14.8 Å². The normalized spacial score (nSPS) is 12.4. The summed E-state index contributed by atoms with van der Waals surface area (Å²) >= 11 is 0. The molecule has 0 aliphatic carbocycles. The SMILES string of the molecule is CC(=O)N/C(=C/c1ccccc1)C(=O)OCC(=O)c1cc(C)n(-c2ccc3c(c2)OCO3)c1C. The number of ketones is 1. The second-order valence-electron chi connectivity index (χ2n) is 7.81. The van der Waals surface area contributed by atoms with E-state index in [1.54, 1.807) is 18.2 Å². The number of esters is 1. The summed E-state index contributed by atoms with van der Waals surface area (Å²) in [6.07, 6.45) is 1.50. The van der Waals surface area contributed by atoms with Gasteiger partial charge in [-0.15, -0.1) is 0 Å². The van der Waals surface area contributed by atoms with Gasteiger partial charge in [-0.3, -0.25) is 9.59 Å². The van der Waals surface area contributed by atoms with E-state index in [1.165, 1.54) is 13.0 Å². The van der Waals surface area contributed by atoms with Gasteiger partial charge in [0.15, 0.2) is 18.1 Å². The highest BCUT2D eigenvalue weighted by molar-refractivity contribution is 6.02. The molecule has 1 aliphatic heterocycles. The minimum atomic E-state index is -0.794. The van der Waals surface area contributed by atoms with E-state index >= 15 is 0 Å². The topological polar surface area (TPSA) is 95.9 Å². The number of carbonyl (C=O) groups is 3. The molecule has 0 radical (unpaired) electrons. The predicted octanol–water partition coefficient (Wildman–Crippen LogP) is 3.73. The van der Waals surface area contributed by atoms with E-state index < -0.39 is 18.5 Å². The van der Waals surface area contributed by atoms with Crippen molar-refractivity contribution in [1.29, 1.82) is 0 Å². The highest BCUT2D eigenvalue weighted by Crippen LogP contribution is 2.35.